The first kappa shape index (κ1) is 19.9. The molecule has 2 aromatic carbocycles. The fourth-order valence-corrected chi connectivity index (χ4v) is 3.01. The molecule has 1 amide bonds. The molecular formula is C23H24FNO3. The van der Waals surface area contributed by atoms with Gasteiger partial charge in [0.25, 0.3) is 5.91 Å². The van der Waals surface area contributed by atoms with E-state index in [1.807, 2.05) is 4.90 Å². The van der Waals surface area contributed by atoms with Crippen molar-refractivity contribution >= 4 is 5.91 Å². The Morgan fingerprint density at radius 2 is 1.86 bits per heavy atom. The van der Waals surface area contributed by atoms with Crippen LogP contribution in [0.4, 0.5) is 4.39 Å². The van der Waals surface area contributed by atoms with Crippen LogP contribution >= 0.6 is 0 Å². The zero-order chi connectivity index (χ0) is 20.1. The van der Waals surface area contributed by atoms with Gasteiger partial charge in [0.1, 0.15) is 23.3 Å². The number of likely N-dealkylation sites (tertiary alicyclic amines) is 1. The predicted molar refractivity (Wildman–Crippen MR) is 106 cm³/mol. The van der Waals surface area contributed by atoms with Crippen molar-refractivity contribution in [3.63, 3.8) is 0 Å². The van der Waals surface area contributed by atoms with Gasteiger partial charge < -0.3 is 14.7 Å². The van der Waals surface area contributed by atoms with E-state index >= 15 is 0 Å². The van der Waals surface area contributed by atoms with E-state index < -0.39 is 5.60 Å². The molecule has 1 aliphatic rings. The maximum Gasteiger partial charge on any atom is 0.253 e. The molecular weight excluding hydrogens is 357 g/mol. The minimum atomic E-state index is -1.05. The van der Waals surface area contributed by atoms with Gasteiger partial charge in [-0.2, -0.15) is 0 Å². The second kappa shape index (κ2) is 8.45. The smallest absolute Gasteiger partial charge is 0.253 e. The van der Waals surface area contributed by atoms with Crippen molar-refractivity contribution in [2.45, 2.75) is 38.4 Å². The van der Waals surface area contributed by atoms with Crippen molar-refractivity contribution in [2.24, 2.45) is 0 Å². The molecule has 1 saturated heterocycles. The fraction of sp³-hybridized carbons (Fsp3) is 0.348. The first-order chi connectivity index (χ1) is 13.3. The van der Waals surface area contributed by atoms with E-state index in [-0.39, 0.29) is 17.8 Å². The molecule has 28 heavy (non-hydrogen) atoms. The van der Waals surface area contributed by atoms with Crippen LogP contribution in [0.3, 0.4) is 0 Å². The zero-order valence-electron chi connectivity index (χ0n) is 16.1. The fourth-order valence-electron chi connectivity index (χ4n) is 3.01. The number of piperidine rings is 1. The molecule has 0 spiro atoms. The van der Waals surface area contributed by atoms with Crippen molar-refractivity contribution in [3.8, 4) is 17.6 Å². The highest BCUT2D eigenvalue weighted by molar-refractivity contribution is 5.94. The number of ether oxygens (including phenoxy) is 1. The summed E-state index contributed by atoms with van der Waals surface area (Å²) in [5, 5.41) is 9.66. The van der Waals surface area contributed by atoms with E-state index in [1.165, 1.54) is 12.1 Å². The molecule has 5 heteroatoms. The second-order valence-electron chi connectivity index (χ2n) is 7.45. The molecule has 1 N–H and O–H groups in total. The molecule has 1 aliphatic heterocycles. The summed E-state index contributed by atoms with van der Waals surface area (Å²) in [5.74, 6) is 5.83. The molecule has 0 atom stereocenters. The first-order valence-corrected chi connectivity index (χ1v) is 9.37. The normalized spacial score (nSPS) is 14.9. The number of hydrogen-bond acceptors (Lipinski definition) is 3. The first-order valence-electron chi connectivity index (χ1n) is 9.37. The van der Waals surface area contributed by atoms with E-state index in [2.05, 4.69) is 11.8 Å². The zero-order valence-corrected chi connectivity index (χ0v) is 16.1. The highest BCUT2D eigenvalue weighted by atomic mass is 19.1. The number of benzene rings is 2. The van der Waals surface area contributed by atoms with E-state index in [4.69, 9.17) is 4.74 Å². The summed E-state index contributed by atoms with van der Waals surface area (Å²) >= 11 is 0. The molecule has 146 valence electrons. The molecule has 0 radical (unpaired) electrons. The number of carbonyl (C=O) groups is 1. The summed E-state index contributed by atoms with van der Waals surface area (Å²) in [5.41, 5.74) is 0.311. The Morgan fingerprint density at radius 1 is 1.18 bits per heavy atom. The summed E-state index contributed by atoms with van der Waals surface area (Å²) < 4.78 is 19.1. The molecule has 4 nitrogen and oxygen atoms in total. The van der Waals surface area contributed by atoms with Crippen LogP contribution in [-0.2, 0) is 0 Å². The monoisotopic (exact) mass is 381 g/mol. The summed E-state index contributed by atoms with van der Waals surface area (Å²) in [4.78, 5) is 14.5. The standard InChI is InChI=1S/C23H24FNO3/c1-23(2,27)13-10-17-6-8-18(9-7-17)22(26)25-14-11-20(12-15-25)28-21-5-3-4-19(24)16-21/h3-9,16,20,27H,11-12,14-15H2,1-2H3. The quantitative estimate of drug-likeness (QED) is 0.826. The molecule has 0 saturated carbocycles. The lowest BCUT2D eigenvalue weighted by molar-refractivity contribution is 0.0595. The molecule has 0 unspecified atom stereocenters. The molecule has 1 heterocycles. The van der Waals surface area contributed by atoms with E-state index in [0.29, 0.717) is 37.2 Å². The Bertz CT molecular complexity index is 883. The Hall–Kier alpha value is -2.84. The van der Waals surface area contributed by atoms with Gasteiger partial charge in [0.15, 0.2) is 0 Å². The second-order valence-corrected chi connectivity index (χ2v) is 7.45. The van der Waals surface area contributed by atoms with Crippen molar-refractivity contribution in [2.75, 3.05) is 13.1 Å². The largest absolute Gasteiger partial charge is 0.490 e. The van der Waals surface area contributed by atoms with Crippen molar-refractivity contribution in [3.05, 3.63) is 65.5 Å². The van der Waals surface area contributed by atoms with Gasteiger partial charge in [-0.15, -0.1) is 0 Å². The number of carbonyl (C=O) groups excluding carboxylic acids is 1. The number of hydrogen-bond donors (Lipinski definition) is 1. The minimum Gasteiger partial charge on any atom is -0.490 e. The van der Waals surface area contributed by atoms with Crippen LogP contribution in [0.5, 0.6) is 5.75 Å². The molecule has 1 fully saturated rings. The molecule has 2 aromatic rings. The molecule has 0 aromatic heterocycles. The number of rotatable bonds is 3. The number of halogens is 1. The maximum absolute atomic E-state index is 13.3. The topological polar surface area (TPSA) is 49.8 Å². The van der Waals surface area contributed by atoms with Crippen LogP contribution in [0.15, 0.2) is 48.5 Å². The minimum absolute atomic E-state index is 0.0220. The van der Waals surface area contributed by atoms with Crippen LogP contribution < -0.4 is 4.74 Å². The van der Waals surface area contributed by atoms with Crippen LogP contribution in [-0.4, -0.2) is 40.7 Å². The third kappa shape index (κ3) is 5.58. The lowest BCUT2D eigenvalue weighted by atomic mass is 10.0. The maximum atomic E-state index is 13.3. The highest BCUT2D eigenvalue weighted by Crippen LogP contribution is 2.21. The van der Waals surface area contributed by atoms with Gasteiger partial charge in [0.2, 0.25) is 0 Å². The van der Waals surface area contributed by atoms with E-state index in [1.54, 1.807) is 50.2 Å². The van der Waals surface area contributed by atoms with E-state index in [0.717, 1.165) is 5.56 Å². The summed E-state index contributed by atoms with van der Waals surface area (Å²) in [6.45, 7) is 4.44. The Labute approximate surface area is 164 Å². The lowest BCUT2D eigenvalue weighted by Gasteiger charge is -2.32. The predicted octanol–water partition coefficient (Wildman–Crippen LogP) is 3.63. The van der Waals surface area contributed by atoms with Gasteiger partial charge in [0, 0.05) is 43.1 Å². The summed E-state index contributed by atoms with van der Waals surface area (Å²) in [7, 11) is 0. The van der Waals surface area contributed by atoms with Gasteiger partial charge in [-0.1, -0.05) is 17.9 Å². The summed E-state index contributed by atoms with van der Waals surface area (Å²) in [6, 6.07) is 13.2. The molecule has 0 bridgehead atoms. The average Bonchev–Trinajstić information content (AvgIpc) is 2.66. The van der Waals surface area contributed by atoms with Gasteiger partial charge in [0.05, 0.1) is 0 Å². The van der Waals surface area contributed by atoms with E-state index in [9.17, 15) is 14.3 Å². The number of amides is 1. The van der Waals surface area contributed by atoms with Crippen LogP contribution in [0, 0.1) is 17.7 Å². The molecule has 3 rings (SSSR count). The Kier molecular flexibility index (Phi) is 6.01. The number of nitrogens with zero attached hydrogens (tertiary/aromatic N) is 1. The Morgan fingerprint density at radius 3 is 2.46 bits per heavy atom. The van der Waals surface area contributed by atoms with Gasteiger partial charge in [-0.3, -0.25) is 4.79 Å². The lowest BCUT2D eigenvalue weighted by Crippen LogP contribution is -2.41. The summed E-state index contributed by atoms with van der Waals surface area (Å²) in [6.07, 6.45) is 1.39. The Balaban J connectivity index is 1.55. The van der Waals surface area contributed by atoms with Crippen molar-refractivity contribution < 1.29 is 19.0 Å². The van der Waals surface area contributed by atoms with Crippen molar-refractivity contribution in [1.82, 2.24) is 4.90 Å². The van der Waals surface area contributed by atoms with Gasteiger partial charge in [-0.05, 0) is 50.2 Å². The van der Waals surface area contributed by atoms with Gasteiger partial charge in [-0.25, -0.2) is 4.39 Å². The average molecular weight is 381 g/mol. The van der Waals surface area contributed by atoms with Crippen LogP contribution in [0.2, 0.25) is 0 Å². The van der Waals surface area contributed by atoms with Gasteiger partial charge >= 0.3 is 0 Å². The third-order valence-corrected chi connectivity index (χ3v) is 4.47. The third-order valence-electron chi connectivity index (χ3n) is 4.47. The van der Waals surface area contributed by atoms with Crippen LogP contribution in [0.25, 0.3) is 0 Å². The SMILES string of the molecule is CC(C)(O)C#Cc1ccc(C(=O)N2CCC(Oc3cccc(F)c3)CC2)cc1. The van der Waals surface area contributed by atoms with Crippen LogP contribution in [0.1, 0.15) is 42.6 Å². The molecule has 0 aliphatic carbocycles. The number of aliphatic hydroxyl groups is 1. The highest BCUT2D eigenvalue weighted by Gasteiger charge is 2.24. The van der Waals surface area contributed by atoms with Crippen molar-refractivity contribution in [1.29, 1.82) is 0 Å².